The van der Waals surface area contributed by atoms with E-state index in [0.29, 0.717) is 38.7 Å². The Morgan fingerprint density at radius 1 is 1.23 bits per heavy atom. The van der Waals surface area contributed by atoms with Crippen molar-refractivity contribution in [3.05, 3.63) is 68.7 Å². The number of hydrogen-bond donors (Lipinski definition) is 2. The predicted octanol–water partition coefficient (Wildman–Crippen LogP) is 4.71. The van der Waals surface area contributed by atoms with Gasteiger partial charge in [-0.3, -0.25) is 9.36 Å². The number of aliphatic carboxylic acids is 1. The normalized spacial score (nSPS) is 24.1. The topological polar surface area (TPSA) is 146 Å². The lowest BCUT2D eigenvalue weighted by molar-refractivity contribution is -0.146. The van der Waals surface area contributed by atoms with Crippen LogP contribution in [0.15, 0.2) is 50.7 Å². The molecule has 0 aliphatic heterocycles. The number of oxazole rings is 1. The number of ether oxygens (including phenoxy) is 2. The highest BCUT2D eigenvalue weighted by Crippen LogP contribution is 2.50. The number of aromatic nitrogens is 3. The number of aliphatic hydroxyl groups is 1. The van der Waals surface area contributed by atoms with E-state index in [4.69, 9.17) is 13.9 Å². The van der Waals surface area contributed by atoms with Gasteiger partial charge >= 0.3 is 11.7 Å². The Morgan fingerprint density at radius 3 is 2.52 bits per heavy atom. The van der Waals surface area contributed by atoms with Crippen molar-refractivity contribution in [1.82, 2.24) is 14.1 Å². The molecule has 2 fully saturated rings. The third-order valence-electron chi connectivity index (χ3n) is 9.31. The first-order chi connectivity index (χ1) is 20.8. The lowest BCUT2D eigenvalue weighted by atomic mass is 10.00. The van der Waals surface area contributed by atoms with Gasteiger partial charge in [0.2, 0.25) is 5.89 Å². The highest BCUT2D eigenvalue weighted by Gasteiger charge is 2.47. The molecule has 3 heterocycles. The molecule has 6 rings (SSSR count). The Hall–Kier alpha value is -3.74. The Labute approximate surface area is 257 Å². The first-order valence-corrected chi connectivity index (χ1v) is 15.6. The first kappa shape index (κ1) is 30.3. The van der Waals surface area contributed by atoms with Gasteiger partial charge in [-0.1, -0.05) is 18.2 Å². The van der Waals surface area contributed by atoms with E-state index in [9.17, 15) is 24.6 Å². The van der Waals surface area contributed by atoms with Crippen LogP contribution in [0.1, 0.15) is 63.7 Å². The second-order valence-corrected chi connectivity index (χ2v) is 13.9. The second kappa shape index (κ2) is 11.0. The molecular weight excluding hydrogens is 586 g/mol. The van der Waals surface area contributed by atoms with E-state index in [1.165, 1.54) is 42.2 Å². The first-order valence-electron chi connectivity index (χ1n) is 14.8. The lowest BCUT2D eigenvalue weighted by Gasteiger charge is -2.28. The number of nitrogens with zero attached hydrogens (tertiary/aromatic N) is 3. The van der Waals surface area contributed by atoms with Gasteiger partial charge in [-0.15, -0.1) is 11.3 Å². The van der Waals surface area contributed by atoms with Gasteiger partial charge in [0.05, 0.1) is 41.8 Å². The summed E-state index contributed by atoms with van der Waals surface area (Å²) in [4.78, 5) is 45.8. The van der Waals surface area contributed by atoms with Crippen molar-refractivity contribution in [3.63, 3.8) is 0 Å². The lowest BCUT2D eigenvalue weighted by Crippen LogP contribution is -2.52. The van der Waals surface area contributed by atoms with E-state index in [2.05, 4.69) is 4.98 Å². The molecule has 0 spiro atoms. The van der Waals surface area contributed by atoms with Gasteiger partial charge in [0.25, 0.3) is 5.56 Å². The monoisotopic (exact) mass is 623 g/mol. The minimum absolute atomic E-state index is 0.000209. The maximum atomic E-state index is 14.3. The predicted molar refractivity (Wildman–Crippen MR) is 164 cm³/mol. The molecule has 12 heteroatoms. The van der Waals surface area contributed by atoms with E-state index >= 15 is 0 Å². The fourth-order valence-corrected chi connectivity index (χ4v) is 8.40. The molecule has 2 aliphatic rings. The number of thiophene rings is 1. The van der Waals surface area contributed by atoms with Gasteiger partial charge in [0, 0.05) is 5.56 Å². The summed E-state index contributed by atoms with van der Waals surface area (Å²) in [5, 5.41) is 20.9. The SMILES string of the molecule is COc1ccccc1C(Cn1c(=O)n(C(C)(C)C(=O)O)c(=O)c2c(C)c(-c3ncco3)sc21)O[C@@H]1C[C@@H]2C[C@](C)(O)C[C@@H]2C1. The molecule has 0 bridgehead atoms. The van der Waals surface area contributed by atoms with Crippen molar-refractivity contribution < 1.29 is 28.9 Å². The molecule has 11 nitrogen and oxygen atoms in total. The summed E-state index contributed by atoms with van der Waals surface area (Å²) in [6.45, 7) is 6.31. The summed E-state index contributed by atoms with van der Waals surface area (Å²) in [6, 6.07) is 7.45. The molecule has 0 radical (unpaired) electrons. The van der Waals surface area contributed by atoms with Crippen LogP contribution in [-0.2, 0) is 21.6 Å². The Bertz CT molecular complexity index is 1820. The number of aryl methyl sites for hydroxylation is 1. The zero-order valence-electron chi connectivity index (χ0n) is 25.4. The average molecular weight is 624 g/mol. The molecule has 1 aromatic carbocycles. The maximum absolute atomic E-state index is 14.3. The fourth-order valence-electron chi connectivity index (χ4n) is 7.16. The standard InChI is InChI=1S/C32H37N3O8S/c1-17-24-27(36)35(31(2,3)29(37)38)30(39)34(28(24)44-25(17)26-33-10-11-42-26)16-23(21-8-6-7-9-22(21)41-5)43-20-12-18-14-32(4,40)15-19(18)13-20/h6-11,18-20,23,40H,12-16H2,1-5H3,(H,37,38)/t18-,19+,20-,23?,32+. The van der Waals surface area contributed by atoms with E-state index in [0.717, 1.165) is 35.8 Å². The number of carboxylic acid groups (broad SMARTS) is 1. The number of benzene rings is 1. The number of carbonyl (C=O) groups is 1. The molecule has 234 valence electrons. The van der Waals surface area contributed by atoms with Crippen LogP contribution in [0.25, 0.3) is 21.0 Å². The second-order valence-electron chi connectivity index (χ2n) is 12.9. The maximum Gasteiger partial charge on any atom is 0.333 e. The summed E-state index contributed by atoms with van der Waals surface area (Å²) < 4.78 is 20.3. The molecule has 0 amide bonds. The van der Waals surface area contributed by atoms with E-state index in [1.54, 1.807) is 14.0 Å². The van der Waals surface area contributed by atoms with Gasteiger partial charge in [0.1, 0.15) is 28.5 Å². The number of carboxylic acids is 1. The van der Waals surface area contributed by atoms with Crippen molar-refractivity contribution in [1.29, 1.82) is 0 Å². The summed E-state index contributed by atoms with van der Waals surface area (Å²) in [6.07, 6.45) is 5.18. The zero-order chi connectivity index (χ0) is 31.6. The van der Waals surface area contributed by atoms with Crippen LogP contribution in [0.3, 0.4) is 0 Å². The highest BCUT2D eigenvalue weighted by atomic mass is 32.1. The molecule has 3 aromatic heterocycles. The number of rotatable bonds is 9. The summed E-state index contributed by atoms with van der Waals surface area (Å²) >= 11 is 1.20. The van der Waals surface area contributed by atoms with Gasteiger partial charge in [-0.05, 0) is 76.8 Å². The van der Waals surface area contributed by atoms with Crippen LogP contribution < -0.4 is 16.0 Å². The summed E-state index contributed by atoms with van der Waals surface area (Å²) in [5.74, 6) is 0.282. The van der Waals surface area contributed by atoms with Crippen molar-refractivity contribution in [3.8, 4) is 16.5 Å². The molecule has 2 aliphatic carbocycles. The molecule has 1 unspecified atom stereocenters. The quantitative estimate of drug-likeness (QED) is 0.271. The molecule has 5 atom stereocenters. The van der Waals surface area contributed by atoms with Crippen molar-refractivity contribution in [2.75, 3.05) is 7.11 Å². The van der Waals surface area contributed by atoms with Gasteiger partial charge < -0.3 is 24.1 Å². The molecule has 2 saturated carbocycles. The van der Waals surface area contributed by atoms with Crippen LogP contribution in [0, 0.1) is 18.8 Å². The van der Waals surface area contributed by atoms with E-state index < -0.39 is 34.5 Å². The Balaban J connectivity index is 1.51. The molecule has 44 heavy (non-hydrogen) atoms. The van der Waals surface area contributed by atoms with Crippen molar-refractivity contribution in [2.45, 2.75) is 83.3 Å². The van der Waals surface area contributed by atoms with Crippen LogP contribution >= 0.6 is 11.3 Å². The molecular formula is C32H37N3O8S. The van der Waals surface area contributed by atoms with Crippen molar-refractivity contribution in [2.24, 2.45) is 11.8 Å². The number of hydrogen-bond acceptors (Lipinski definition) is 9. The van der Waals surface area contributed by atoms with Crippen LogP contribution in [0.5, 0.6) is 5.75 Å². The van der Waals surface area contributed by atoms with Gasteiger partial charge in [0.15, 0.2) is 0 Å². The minimum atomic E-state index is -1.83. The molecule has 0 saturated heterocycles. The molecule has 4 aromatic rings. The van der Waals surface area contributed by atoms with Crippen LogP contribution in [-0.4, -0.2) is 49.1 Å². The third-order valence-corrected chi connectivity index (χ3v) is 10.6. The van der Waals surface area contributed by atoms with E-state index in [-0.39, 0.29) is 18.0 Å². The fraction of sp³-hybridized carbons (Fsp3) is 0.500. The van der Waals surface area contributed by atoms with Crippen LogP contribution in [0.2, 0.25) is 0 Å². The molecule has 2 N–H and O–H groups in total. The van der Waals surface area contributed by atoms with Gasteiger partial charge in [-0.2, -0.15) is 0 Å². The third kappa shape index (κ3) is 5.08. The Kier molecular flexibility index (Phi) is 7.58. The zero-order valence-corrected chi connectivity index (χ0v) is 26.2. The summed E-state index contributed by atoms with van der Waals surface area (Å²) in [7, 11) is 1.57. The highest BCUT2D eigenvalue weighted by molar-refractivity contribution is 7.22. The van der Waals surface area contributed by atoms with Crippen molar-refractivity contribution >= 4 is 27.5 Å². The number of methoxy groups -OCH3 is 1. The average Bonchev–Trinajstić information content (AvgIpc) is 3.73. The number of fused-ring (bicyclic) bond motifs is 2. The largest absolute Gasteiger partial charge is 0.496 e. The smallest absolute Gasteiger partial charge is 0.333 e. The van der Waals surface area contributed by atoms with Gasteiger partial charge in [-0.25, -0.2) is 19.1 Å². The van der Waals surface area contributed by atoms with Crippen LogP contribution in [0.4, 0.5) is 0 Å². The van der Waals surface area contributed by atoms with E-state index in [1.807, 2.05) is 31.2 Å². The summed E-state index contributed by atoms with van der Waals surface area (Å²) in [5.41, 5.74) is -2.66. The number of para-hydroxylation sites is 1. The minimum Gasteiger partial charge on any atom is -0.496 e. The Morgan fingerprint density at radius 2 is 1.91 bits per heavy atom.